The number of hydrogen-bond acceptors (Lipinski definition) is 7. The minimum absolute atomic E-state index is 0.147. The van der Waals surface area contributed by atoms with Crippen LogP contribution in [-0.4, -0.2) is 34.7 Å². The lowest BCUT2D eigenvalue weighted by atomic mass is 10.2. The fraction of sp³-hybridized carbons (Fsp3) is 0.0667. The van der Waals surface area contributed by atoms with Gasteiger partial charge >= 0.3 is 0 Å². The molecule has 0 aliphatic carbocycles. The van der Waals surface area contributed by atoms with Crippen molar-refractivity contribution in [1.82, 2.24) is 4.90 Å². The minimum atomic E-state index is -0.445. The van der Waals surface area contributed by atoms with Crippen molar-refractivity contribution in [3.8, 4) is 5.75 Å². The fourth-order valence-electron chi connectivity index (χ4n) is 3.75. The number of rotatable bonds is 9. The Balaban J connectivity index is 1.36. The van der Waals surface area contributed by atoms with E-state index in [1.54, 1.807) is 66.9 Å². The zero-order chi connectivity index (χ0) is 29.5. The number of thioether (sulfide) groups is 1. The van der Waals surface area contributed by atoms with E-state index in [0.29, 0.717) is 42.9 Å². The third kappa shape index (κ3) is 7.67. The first-order chi connectivity index (χ1) is 20.3. The van der Waals surface area contributed by atoms with Gasteiger partial charge in [0.15, 0.2) is 11.8 Å². The Bertz CT molecular complexity index is 1670. The molecule has 2 heterocycles. The lowest BCUT2D eigenvalue weighted by Gasteiger charge is -2.13. The van der Waals surface area contributed by atoms with Crippen LogP contribution in [0, 0.1) is 5.82 Å². The Morgan fingerprint density at radius 3 is 2.55 bits per heavy atom. The second-order valence-electron chi connectivity index (χ2n) is 8.79. The zero-order valence-electron chi connectivity index (χ0n) is 21.7. The number of ether oxygens (including phenoxy) is 1. The first-order valence-corrected chi connectivity index (χ1v) is 14.0. The summed E-state index contributed by atoms with van der Waals surface area (Å²) in [5, 5.41) is 12.5. The Hall–Kier alpha value is -4.38. The van der Waals surface area contributed by atoms with Crippen LogP contribution in [0.1, 0.15) is 16.9 Å². The van der Waals surface area contributed by atoms with Gasteiger partial charge in [0.2, 0.25) is 0 Å². The third-order valence-corrected chi connectivity index (χ3v) is 7.23. The third-order valence-electron chi connectivity index (χ3n) is 5.75. The van der Waals surface area contributed by atoms with Crippen molar-refractivity contribution < 1.29 is 23.1 Å². The van der Waals surface area contributed by atoms with Gasteiger partial charge in [-0.2, -0.15) is 5.10 Å². The summed E-state index contributed by atoms with van der Waals surface area (Å²) in [7, 11) is 0. The molecule has 1 aromatic heterocycles. The van der Waals surface area contributed by atoms with Crippen molar-refractivity contribution in [2.75, 3.05) is 11.9 Å². The van der Waals surface area contributed by atoms with Crippen molar-refractivity contribution >= 4 is 69.9 Å². The number of anilines is 1. The summed E-state index contributed by atoms with van der Waals surface area (Å²) in [6.07, 6.45) is 4.70. The maximum atomic E-state index is 13.5. The lowest BCUT2D eigenvalue weighted by Crippen LogP contribution is -2.28. The number of hydrogen-bond donors (Lipinski definition) is 1. The number of halogens is 3. The van der Waals surface area contributed by atoms with Gasteiger partial charge in [0.05, 0.1) is 23.9 Å². The van der Waals surface area contributed by atoms with Crippen LogP contribution in [0.25, 0.3) is 6.08 Å². The summed E-state index contributed by atoms with van der Waals surface area (Å²) in [6.45, 7) is -0.180. The quantitative estimate of drug-likeness (QED) is 0.120. The molecule has 3 aromatic carbocycles. The lowest BCUT2D eigenvalue weighted by molar-refractivity contribution is -0.122. The molecule has 212 valence electrons. The SMILES string of the molecule is O=C(COc1ccc(Cl)cc1/C=C1\S/C(=N\N=C\c2ccc(Cl)cc2)N(Cc2ccco2)C1=O)Nc1ccc(F)cc1. The highest BCUT2D eigenvalue weighted by Crippen LogP contribution is 2.36. The summed E-state index contributed by atoms with van der Waals surface area (Å²) in [4.78, 5) is 27.7. The molecular formula is C30H21Cl2FN4O4S. The van der Waals surface area contributed by atoms with Gasteiger partial charge < -0.3 is 14.5 Å². The Morgan fingerprint density at radius 2 is 1.81 bits per heavy atom. The number of amidine groups is 1. The van der Waals surface area contributed by atoms with Gasteiger partial charge in [-0.3, -0.25) is 14.5 Å². The largest absolute Gasteiger partial charge is 0.483 e. The Morgan fingerprint density at radius 1 is 1.05 bits per heavy atom. The average molecular weight is 623 g/mol. The van der Waals surface area contributed by atoms with Gasteiger partial charge in [0, 0.05) is 21.3 Å². The second kappa shape index (κ2) is 13.5. The molecular weight excluding hydrogens is 602 g/mol. The van der Waals surface area contributed by atoms with Gasteiger partial charge in [0.25, 0.3) is 11.8 Å². The van der Waals surface area contributed by atoms with Crippen LogP contribution in [0.4, 0.5) is 10.1 Å². The van der Waals surface area contributed by atoms with Crippen molar-refractivity contribution in [1.29, 1.82) is 0 Å². The van der Waals surface area contributed by atoms with Gasteiger partial charge in [-0.05, 0) is 90.1 Å². The predicted molar refractivity (Wildman–Crippen MR) is 163 cm³/mol. The highest BCUT2D eigenvalue weighted by atomic mass is 35.5. The molecule has 0 radical (unpaired) electrons. The van der Waals surface area contributed by atoms with Crippen molar-refractivity contribution in [2.24, 2.45) is 10.2 Å². The van der Waals surface area contributed by atoms with E-state index in [0.717, 1.165) is 17.3 Å². The first kappa shape index (κ1) is 29.1. The molecule has 4 aromatic rings. The minimum Gasteiger partial charge on any atom is -0.483 e. The van der Waals surface area contributed by atoms with E-state index in [9.17, 15) is 14.0 Å². The normalized spacial score (nSPS) is 15.2. The number of furan rings is 1. The second-order valence-corrected chi connectivity index (χ2v) is 10.7. The van der Waals surface area contributed by atoms with E-state index in [4.69, 9.17) is 32.4 Å². The average Bonchev–Trinajstić information content (AvgIpc) is 3.59. The van der Waals surface area contributed by atoms with Crippen LogP contribution >= 0.6 is 35.0 Å². The molecule has 42 heavy (non-hydrogen) atoms. The van der Waals surface area contributed by atoms with Crippen LogP contribution in [0.3, 0.4) is 0 Å². The van der Waals surface area contributed by atoms with E-state index in [2.05, 4.69) is 15.5 Å². The highest BCUT2D eigenvalue weighted by molar-refractivity contribution is 8.18. The van der Waals surface area contributed by atoms with Crippen molar-refractivity contribution in [3.63, 3.8) is 0 Å². The van der Waals surface area contributed by atoms with Crippen LogP contribution in [0.2, 0.25) is 10.0 Å². The van der Waals surface area contributed by atoms with E-state index in [-0.39, 0.29) is 19.1 Å². The molecule has 0 spiro atoms. The number of carbonyl (C=O) groups is 2. The maximum absolute atomic E-state index is 13.5. The highest BCUT2D eigenvalue weighted by Gasteiger charge is 2.34. The number of nitrogens with zero attached hydrogens (tertiary/aromatic N) is 3. The topological polar surface area (TPSA) is 96.5 Å². The van der Waals surface area contributed by atoms with Crippen molar-refractivity contribution in [3.05, 3.63) is 123 Å². The molecule has 12 heteroatoms. The molecule has 0 bridgehead atoms. The summed E-state index contributed by atoms with van der Waals surface area (Å²) >= 11 is 13.3. The summed E-state index contributed by atoms with van der Waals surface area (Å²) in [5.74, 6) is -0.278. The fourth-order valence-corrected chi connectivity index (χ4v) is 4.98. The number of nitrogens with one attached hydrogen (secondary N) is 1. The molecule has 1 aliphatic heterocycles. The monoisotopic (exact) mass is 622 g/mol. The zero-order valence-corrected chi connectivity index (χ0v) is 24.0. The summed E-state index contributed by atoms with van der Waals surface area (Å²) in [6, 6.07) is 20.8. The van der Waals surface area contributed by atoms with Gasteiger partial charge in [-0.15, -0.1) is 5.10 Å². The molecule has 2 amide bonds. The van der Waals surface area contributed by atoms with Gasteiger partial charge in [0.1, 0.15) is 17.3 Å². The van der Waals surface area contributed by atoms with E-state index in [1.807, 2.05) is 0 Å². The van der Waals surface area contributed by atoms with E-state index in [1.165, 1.54) is 35.4 Å². The molecule has 1 fully saturated rings. The van der Waals surface area contributed by atoms with Crippen LogP contribution in [-0.2, 0) is 16.1 Å². The smallest absolute Gasteiger partial charge is 0.267 e. The number of benzene rings is 3. The number of amides is 2. The summed E-state index contributed by atoms with van der Waals surface area (Å²) in [5.41, 5.74) is 1.70. The number of carbonyl (C=O) groups excluding carboxylic acids is 2. The summed E-state index contributed by atoms with van der Waals surface area (Å²) < 4.78 is 24.3. The first-order valence-electron chi connectivity index (χ1n) is 12.4. The Kier molecular flexibility index (Phi) is 9.38. The molecule has 5 rings (SSSR count). The standard InChI is InChI=1S/C30H21Cl2FN4O4S/c31-21-5-3-19(4-6-21)16-34-36-30-37(17-25-2-1-13-40-25)29(39)27(42-30)15-20-14-22(32)7-12-26(20)41-18-28(38)35-24-10-8-23(33)9-11-24/h1-16H,17-18H2,(H,35,38)/b27-15-,34-16+,36-30-. The predicted octanol–water partition coefficient (Wildman–Crippen LogP) is 7.25. The van der Waals surface area contributed by atoms with Crippen LogP contribution < -0.4 is 10.1 Å². The van der Waals surface area contributed by atoms with E-state index >= 15 is 0 Å². The van der Waals surface area contributed by atoms with Gasteiger partial charge in [-0.1, -0.05) is 35.3 Å². The molecule has 0 atom stereocenters. The Labute approximate surface area is 254 Å². The van der Waals surface area contributed by atoms with Crippen molar-refractivity contribution in [2.45, 2.75) is 6.54 Å². The van der Waals surface area contributed by atoms with Gasteiger partial charge in [-0.25, -0.2) is 4.39 Å². The molecule has 8 nitrogen and oxygen atoms in total. The molecule has 1 aliphatic rings. The molecule has 1 N–H and O–H groups in total. The molecule has 1 saturated heterocycles. The van der Waals surface area contributed by atoms with Crippen LogP contribution in [0.5, 0.6) is 5.75 Å². The van der Waals surface area contributed by atoms with Crippen LogP contribution in [0.15, 0.2) is 105 Å². The van der Waals surface area contributed by atoms with E-state index < -0.39 is 11.7 Å². The molecule has 0 saturated carbocycles. The maximum Gasteiger partial charge on any atom is 0.267 e. The molecule has 0 unspecified atom stereocenters.